The Hall–Kier alpha value is -2.48. The summed E-state index contributed by atoms with van der Waals surface area (Å²) in [5, 5.41) is 10.4. The van der Waals surface area contributed by atoms with Crippen molar-refractivity contribution in [2.24, 2.45) is 0 Å². The van der Waals surface area contributed by atoms with Crippen LogP contribution >= 0.6 is 22.9 Å². The summed E-state index contributed by atoms with van der Waals surface area (Å²) in [5.41, 5.74) is 2.27. The molecule has 1 fully saturated rings. The van der Waals surface area contributed by atoms with E-state index in [1.165, 1.54) is 6.42 Å². The lowest BCUT2D eigenvalue weighted by atomic mass is 9.74. The molecule has 3 aromatic rings. The van der Waals surface area contributed by atoms with Crippen molar-refractivity contribution in [2.45, 2.75) is 44.2 Å². The minimum atomic E-state index is -0.288. The van der Waals surface area contributed by atoms with Crippen molar-refractivity contribution < 1.29 is 13.9 Å². The second kappa shape index (κ2) is 9.05. The Morgan fingerprint density at radius 1 is 1.33 bits per heavy atom. The second-order valence-electron chi connectivity index (χ2n) is 8.81. The van der Waals surface area contributed by atoms with Crippen LogP contribution in [-0.4, -0.2) is 31.1 Å². The van der Waals surface area contributed by atoms with Gasteiger partial charge in [-0.15, -0.1) is 11.3 Å². The number of fused-ring (bicyclic) bond motifs is 4. The van der Waals surface area contributed by atoms with E-state index in [1.807, 2.05) is 29.6 Å². The number of halogens is 1. The predicted molar refractivity (Wildman–Crippen MR) is 133 cm³/mol. The molecule has 1 aliphatic heterocycles. The summed E-state index contributed by atoms with van der Waals surface area (Å²) in [5.74, 6) is 0.910. The third-order valence-electron chi connectivity index (χ3n) is 6.60. The van der Waals surface area contributed by atoms with Crippen LogP contribution in [0.1, 0.15) is 53.1 Å². The van der Waals surface area contributed by atoms with Crippen LogP contribution in [0.2, 0.25) is 5.02 Å². The molecular weight excluding hydrogens is 458 g/mol. The minimum absolute atomic E-state index is 0.152. The Balaban J connectivity index is 1.57. The number of rotatable bonds is 6. The number of carbonyl (C=O) groups is 1. The van der Waals surface area contributed by atoms with Crippen molar-refractivity contribution >= 4 is 45.5 Å². The molecule has 0 saturated heterocycles. The summed E-state index contributed by atoms with van der Waals surface area (Å²) in [7, 11) is 1.64. The van der Waals surface area contributed by atoms with Crippen molar-refractivity contribution in [1.29, 1.82) is 0 Å². The summed E-state index contributed by atoms with van der Waals surface area (Å²) >= 11 is 8.35. The van der Waals surface area contributed by atoms with E-state index in [9.17, 15) is 4.79 Å². The molecule has 1 amide bonds. The Labute approximate surface area is 202 Å². The number of methoxy groups -OCH3 is 1. The molecule has 33 heavy (non-hydrogen) atoms. The summed E-state index contributed by atoms with van der Waals surface area (Å²) in [4.78, 5) is 16.4. The number of hydrogen-bond donors (Lipinski definition) is 2. The van der Waals surface area contributed by atoms with Gasteiger partial charge in [0.25, 0.3) is 5.91 Å². The molecule has 0 bridgehead atoms. The smallest absolute Gasteiger partial charge is 0.290 e. The van der Waals surface area contributed by atoms with Gasteiger partial charge in [0.05, 0.1) is 35.2 Å². The fourth-order valence-corrected chi connectivity index (χ4v) is 6.08. The van der Waals surface area contributed by atoms with Crippen molar-refractivity contribution in [3.63, 3.8) is 0 Å². The molecule has 1 aliphatic carbocycles. The number of benzene rings is 1. The van der Waals surface area contributed by atoms with Crippen LogP contribution in [0.5, 0.6) is 0 Å². The van der Waals surface area contributed by atoms with Gasteiger partial charge in [-0.1, -0.05) is 43.5 Å². The Morgan fingerprint density at radius 2 is 2.15 bits per heavy atom. The van der Waals surface area contributed by atoms with Gasteiger partial charge in [-0.25, -0.2) is 0 Å². The van der Waals surface area contributed by atoms with Crippen LogP contribution in [0.15, 0.2) is 46.5 Å². The van der Waals surface area contributed by atoms with E-state index in [0.29, 0.717) is 30.5 Å². The highest BCUT2D eigenvalue weighted by Crippen LogP contribution is 2.49. The van der Waals surface area contributed by atoms with Gasteiger partial charge in [0, 0.05) is 29.5 Å². The van der Waals surface area contributed by atoms with Gasteiger partial charge in [-0.2, -0.15) is 0 Å². The Morgan fingerprint density at radius 3 is 2.88 bits per heavy atom. The molecule has 5 rings (SSSR count). The molecule has 0 atom stereocenters. The molecule has 2 aromatic heterocycles. The van der Waals surface area contributed by atoms with Crippen LogP contribution in [-0.2, 0) is 16.8 Å². The van der Waals surface area contributed by atoms with Crippen molar-refractivity contribution in [3.8, 4) is 0 Å². The van der Waals surface area contributed by atoms with Crippen molar-refractivity contribution in [3.05, 3.63) is 63.3 Å². The van der Waals surface area contributed by atoms with Crippen LogP contribution < -0.4 is 10.6 Å². The maximum atomic E-state index is 13.5. The number of nitrogens with one attached hydrogen (secondary N) is 2. The molecule has 1 aromatic carbocycles. The zero-order chi connectivity index (χ0) is 23.0. The minimum Gasteiger partial charge on any atom is -0.450 e. The number of amides is 1. The standard InChI is InChI=1S/C25H28ClN3O3S/c1-16-27-22-19(26)13-17-14-20(24(30)29(10-11-31-2)15-18-7-6-12-33-18)32-23(17)21(22)25(28-16)8-4-3-5-9-25/h6-7,12-14,27-28H,1,3-5,8-11,15H2,2H3. The lowest BCUT2D eigenvalue weighted by Crippen LogP contribution is -2.48. The first-order valence-electron chi connectivity index (χ1n) is 11.3. The van der Waals surface area contributed by atoms with Crippen LogP contribution in [0.25, 0.3) is 11.0 Å². The zero-order valence-corrected chi connectivity index (χ0v) is 20.3. The van der Waals surface area contributed by atoms with E-state index in [1.54, 1.807) is 23.3 Å². The third kappa shape index (κ3) is 4.14. The number of thiophene rings is 1. The van der Waals surface area contributed by atoms with Gasteiger partial charge in [-0.3, -0.25) is 4.79 Å². The van der Waals surface area contributed by atoms with E-state index < -0.39 is 0 Å². The number of nitrogens with zero attached hydrogens (tertiary/aromatic N) is 1. The van der Waals surface area contributed by atoms with Gasteiger partial charge in [0.2, 0.25) is 0 Å². The van der Waals surface area contributed by atoms with Gasteiger partial charge >= 0.3 is 0 Å². The Bertz CT molecular complexity index is 1180. The summed E-state index contributed by atoms with van der Waals surface area (Å²) in [6.45, 7) is 5.58. The molecule has 2 N–H and O–H groups in total. The second-order valence-corrected chi connectivity index (χ2v) is 10.2. The van der Waals surface area contributed by atoms with E-state index >= 15 is 0 Å². The number of carbonyl (C=O) groups excluding carboxylic acids is 1. The normalized spacial score (nSPS) is 17.0. The van der Waals surface area contributed by atoms with Gasteiger partial charge in [0.1, 0.15) is 5.58 Å². The molecule has 0 unspecified atom stereocenters. The molecule has 1 spiro atoms. The zero-order valence-electron chi connectivity index (χ0n) is 18.7. The Kier molecular flexibility index (Phi) is 6.12. The number of ether oxygens (including phenoxy) is 1. The molecule has 8 heteroatoms. The average Bonchev–Trinajstić information content (AvgIpc) is 3.46. The van der Waals surface area contributed by atoms with Crippen LogP contribution in [0, 0.1) is 0 Å². The average molecular weight is 486 g/mol. The predicted octanol–water partition coefficient (Wildman–Crippen LogP) is 6.08. The maximum absolute atomic E-state index is 13.5. The van der Waals surface area contributed by atoms with Gasteiger partial charge in [-0.05, 0) is 36.4 Å². The number of hydrogen-bond acceptors (Lipinski definition) is 6. The van der Waals surface area contributed by atoms with Crippen LogP contribution in [0.3, 0.4) is 0 Å². The lowest BCUT2D eigenvalue weighted by Gasteiger charge is -2.44. The summed E-state index contributed by atoms with van der Waals surface area (Å²) in [6, 6.07) is 7.71. The fourth-order valence-electron chi connectivity index (χ4n) is 5.10. The highest BCUT2D eigenvalue weighted by Gasteiger charge is 2.42. The molecule has 2 aliphatic rings. The monoisotopic (exact) mass is 485 g/mol. The number of furan rings is 1. The lowest BCUT2D eigenvalue weighted by molar-refractivity contribution is 0.0653. The largest absolute Gasteiger partial charge is 0.450 e. The first kappa shape index (κ1) is 22.3. The van der Waals surface area contributed by atoms with Crippen molar-refractivity contribution in [2.75, 3.05) is 25.6 Å². The molecule has 1 saturated carbocycles. The molecule has 6 nitrogen and oxygen atoms in total. The molecule has 3 heterocycles. The summed E-state index contributed by atoms with van der Waals surface area (Å²) in [6.07, 6.45) is 5.38. The summed E-state index contributed by atoms with van der Waals surface area (Å²) < 4.78 is 11.6. The van der Waals surface area contributed by atoms with E-state index in [-0.39, 0.29) is 11.4 Å². The first-order chi connectivity index (χ1) is 16.0. The van der Waals surface area contributed by atoms with Crippen molar-refractivity contribution in [1.82, 2.24) is 10.2 Å². The van der Waals surface area contributed by atoms with Gasteiger partial charge < -0.3 is 24.7 Å². The first-order valence-corrected chi connectivity index (χ1v) is 12.6. The topological polar surface area (TPSA) is 66.7 Å². The quantitative estimate of drug-likeness (QED) is 0.442. The van der Waals surface area contributed by atoms with E-state index in [0.717, 1.165) is 58.6 Å². The molecule has 0 radical (unpaired) electrons. The molecule has 174 valence electrons. The maximum Gasteiger partial charge on any atom is 0.290 e. The van der Waals surface area contributed by atoms with E-state index in [2.05, 4.69) is 17.2 Å². The fraction of sp³-hybridized carbons (Fsp3) is 0.400. The third-order valence-corrected chi connectivity index (χ3v) is 7.76. The number of anilines is 1. The highest BCUT2D eigenvalue weighted by atomic mass is 35.5. The van der Waals surface area contributed by atoms with Crippen LogP contribution in [0.4, 0.5) is 5.69 Å². The van der Waals surface area contributed by atoms with Gasteiger partial charge in [0.15, 0.2) is 5.76 Å². The highest BCUT2D eigenvalue weighted by molar-refractivity contribution is 7.09. The van der Waals surface area contributed by atoms with E-state index in [4.69, 9.17) is 20.8 Å². The SMILES string of the molecule is C=C1Nc2c(Cl)cc3cc(C(=O)N(CCOC)Cc4cccs4)oc3c2C2(CCCCC2)N1. The molecular formula is C25H28ClN3O3S.